The van der Waals surface area contributed by atoms with Crippen molar-refractivity contribution in [1.29, 1.82) is 0 Å². The molecular weight excluding hydrogens is 292 g/mol. The lowest BCUT2D eigenvalue weighted by Gasteiger charge is -2.27. The van der Waals surface area contributed by atoms with Gasteiger partial charge in [0.25, 0.3) is 0 Å². The van der Waals surface area contributed by atoms with Gasteiger partial charge in [0.1, 0.15) is 6.10 Å². The third-order valence-electron chi connectivity index (χ3n) is 3.49. The van der Waals surface area contributed by atoms with Gasteiger partial charge in [-0.05, 0) is 44.1 Å². The Balaban J connectivity index is 2.45. The largest absolute Gasteiger partial charge is 0.481 e. The summed E-state index contributed by atoms with van der Waals surface area (Å²) >= 11 is 1.39. The fourth-order valence-corrected chi connectivity index (χ4v) is 3.20. The van der Waals surface area contributed by atoms with E-state index in [2.05, 4.69) is 0 Å². The van der Waals surface area contributed by atoms with Gasteiger partial charge in [0.2, 0.25) is 0 Å². The van der Waals surface area contributed by atoms with Gasteiger partial charge in [-0.1, -0.05) is 6.08 Å². The predicted molar refractivity (Wildman–Crippen MR) is 78.2 cm³/mol. The van der Waals surface area contributed by atoms with Gasteiger partial charge in [0.05, 0.1) is 5.41 Å². The van der Waals surface area contributed by atoms with Gasteiger partial charge >= 0.3 is 11.9 Å². The number of aryl methyl sites for hydroxylation is 1. The summed E-state index contributed by atoms with van der Waals surface area (Å²) < 4.78 is 0. The molecule has 0 fully saturated rings. The molecule has 3 N–H and O–H groups in total. The fraction of sp³-hybridized carbons (Fsp3) is 0.333. The molecule has 6 heteroatoms. The second kappa shape index (κ2) is 5.46. The zero-order valence-electron chi connectivity index (χ0n) is 11.7. The first-order chi connectivity index (χ1) is 9.73. The predicted octanol–water partition coefficient (Wildman–Crippen LogP) is 2.52. The first-order valence-corrected chi connectivity index (χ1v) is 7.19. The van der Waals surface area contributed by atoms with Gasteiger partial charge in [0.15, 0.2) is 0 Å². The molecule has 2 unspecified atom stereocenters. The Hall–Kier alpha value is -1.92. The number of aliphatic hydroxyl groups is 1. The number of carboxylic acid groups (broad SMARTS) is 2. The Morgan fingerprint density at radius 2 is 2.00 bits per heavy atom. The van der Waals surface area contributed by atoms with Crippen molar-refractivity contribution in [3.63, 3.8) is 0 Å². The van der Waals surface area contributed by atoms with E-state index < -0.39 is 23.5 Å². The maximum absolute atomic E-state index is 11.4. The average Bonchev–Trinajstić information content (AvgIpc) is 2.83. The van der Waals surface area contributed by atoms with Crippen LogP contribution >= 0.6 is 11.3 Å². The maximum atomic E-state index is 11.4. The van der Waals surface area contributed by atoms with E-state index in [1.807, 2.05) is 13.0 Å². The number of thiophene rings is 1. The number of aliphatic hydroxyl groups excluding tert-OH is 1. The average molecular weight is 308 g/mol. The summed E-state index contributed by atoms with van der Waals surface area (Å²) in [5.41, 5.74) is -1.03. The van der Waals surface area contributed by atoms with Crippen molar-refractivity contribution in [3.05, 3.63) is 45.2 Å². The summed E-state index contributed by atoms with van der Waals surface area (Å²) in [4.78, 5) is 24.3. The van der Waals surface area contributed by atoms with E-state index in [-0.39, 0.29) is 12.0 Å². The number of aliphatic carboxylic acids is 2. The highest BCUT2D eigenvalue weighted by molar-refractivity contribution is 7.12. The van der Waals surface area contributed by atoms with Crippen LogP contribution in [0.3, 0.4) is 0 Å². The van der Waals surface area contributed by atoms with E-state index in [0.29, 0.717) is 10.5 Å². The van der Waals surface area contributed by atoms with E-state index in [4.69, 9.17) is 5.11 Å². The van der Waals surface area contributed by atoms with Crippen molar-refractivity contribution >= 4 is 23.3 Å². The van der Waals surface area contributed by atoms with Crippen molar-refractivity contribution < 1.29 is 24.9 Å². The summed E-state index contributed by atoms with van der Waals surface area (Å²) in [5, 5.41) is 28.9. The van der Waals surface area contributed by atoms with Gasteiger partial charge in [0, 0.05) is 15.3 Å². The highest BCUT2D eigenvalue weighted by atomic mass is 32.1. The Bertz CT molecular complexity index is 655. The summed E-state index contributed by atoms with van der Waals surface area (Å²) in [6.45, 7) is 3.35. The Kier molecular flexibility index (Phi) is 4.02. The number of hydrogen-bond donors (Lipinski definition) is 3. The zero-order chi connectivity index (χ0) is 15.8. The summed E-state index contributed by atoms with van der Waals surface area (Å²) in [6, 6.07) is 3.61. The molecule has 0 amide bonds. The molecule has 5 nitrogen and oxygen atoms in total. The smallest absolute Gasteiger partial charge is 0.331 e. The van der Waals surface area contributed by atoms with Gasteiger partial charge in [-0.15, -0.1) is 11.3 Å². The fourth-order valence-electron chi connectivity index (χ4n) is 2.31. The first kappa shape index (κ1) is 15.5. The van der Waals surface area contributed by atoms with Gasteiger partial charge in [-0.3, -0.25) is 4.79 Å². The van der Waals surface area contributed by atoms with Crippen molar-refractivity contribution in [2.45, 2.75) is 26.4 Å². The minimum Gasteiger partial charge on any atom is -0.481 e. The highest BCUT2D eigenvalue weighted by Crippen LogP contribution is 2.39. The topological polar surface area (TPSA) is 94.8 Å². The Labute approximate surface area is 125 Å². The Morgan fingerprint density at radius 3 is 2.48 bits per heavy atom. The molecular formula is C15H16O5S. The second-order valence-electron chi connectivity index (χ2n) is 5.37. The lowest BCUT2D eigenvalue weighted by Crippen LogP contribution is -2.30. The summed E-state index contributed by atoms with van der Waals surface area (Å²) in [6.07, 6.45) is 1.70. The van der Waals surface area contributed by atoms with Crippen LogP contribution in [0.2, 0.25) is 0 Å². The molecule has 0 aliphatic heterocycles. The highest BCUT2D eigenvalue weighted by Gasteiger charge is 2.37. The van der Waals surface area contributed by atoms with Crippen LogP contribution in [0.25, 0.3) is 0 Å². The summed E-state index contributed by atoms with van der Waals surface area (Å²) in [5.74, 6) is -2.27. The summed E-state index contributed by atoms with van der Waals surface area (Å²) in [7, 11) is 0. The van der Waals surface area contributed by atoms with Crippen LogP contribution in [0.15, 0.2) is 35.4 Å². The maximum Gasteiger partial charge on any atom is 0.331 e. The number of hydrogen-bond acceptors (Lipinski definition) is 4. The molecule has 0 saturated heterocycles. The van der Waals surface area contributed by atoms with E-state index >= 15 is 0 Å². The molecule has 1 aromatic heterocycles. The molecule has 0 spiro atoms. The molecule has 0 aromatic carbocycles. The van der Waals surface area contributed by atoms with Crippen molar-refractivity contribution in [1.82, 2.24) is 0 Å². The molecule has 1 heterocycles. The lowest BCUT2D eigenvalue weighted by atomic mass is 9.76. The Morgan fingerprint density at radius 1 is 1.33 bits per heavy atom. The van der Waals surface area contributed by atoms with Crippen molar-refractivity contribution in [2.24, 2.45) is 5.41 Å². The normalized spacial score (nSPS) is 23.2. The molecule has 1 aliphatic carbocycles. The van der Waals surface area contributed by atoms with Crippen LogP contribution in [0.5, 0.6) is 0 Å². The molecule has 21 heavy (non-hydrogen) atoms. The molecule has 112 valence electrons. The van der Waals surface area contributed by atoms with Crippen LogP contribution in [0, 0.1) is 12.3 Å². The van der Waals surface area contributed by atoms with Gasteiger partial charge < -0.3 is 15.3 Å². The number of carbonyl (C=O) groups is 2. The lowest BCUT2D eigenvalue weighted by molar-refractivity contribution is -0.145. The molecule has 0 bridgehead atoms. The van der Waals surface area contributed by atoms with Crippen LogP contribution in [-0.2, 0) is 9.59 Å². The van der Waals surface area contributed by atoms with Crippen molar-refractivity contribution in [3.8, 4) is 0 Å². The third-order valence-corrected chi connectivity index (χ3v) is 4.55. The molecule has 2 atom stereocenters. The van der Waals surface area contributed by atoms with Gasteiger partial charge in [-0.2, -0.15) is 0 Å². The van der Waals surface area contributed by atoms with E-state index in [0.717, 1.165) is 4.88 Å². The standard InChI is InChI=1S/C15H16O5S/c1-8-3-4-11(21-8)12(16)9-5-10(13(17)18)7-15(2,6-9)14(19)20/h3-6,12,16H,7H2,1-2H3,(H,17,18)(H,19,20). The SMILES string of the molecule is Cc1ccc(C(O)C2=CC(C)(C(=O)O)CC(C(=O)O)=C2)s1. The van der Waals surface area contributed by atoms with E-state index in [1.165, 1.54) is 30.4 Å². The molecule has 0 saturated carbocycles. The minimum atomic E-state index is -1.33. The molecule has 1 aliphatic rings. The van der Waals surface area contributed by atoms with E-state index in [9.17, 15) is 19.8 Å². The van der Waals surface area contributed by atoms with Crippen LogP contribution < -0.4 is 0 Å². The monoisotopic (exact) mass is 308 g/mol. The first-order valence-electron chi connectivity index (χ1n) is 6.37. The quantitative estimate of drug-likeness (QED) is 0.794. The number of carboxylic acids is 2. The molecule has 2 rings (SSSR count). The van der Waals surface area contributed by atoms with Crippen LogP contribution in [-0.4, -0.2) is 27.3 Å². The van der Waals surface area contributed by atoms with Crippen molar-refractivity contribution in [2.75, 3.05) is 0 Å². The zero-order valence-corrected chi connectivity index (χ0v) is 12.5. The van der Waals surface area contributed by atoms with E-state index in [1.54, 1.807) is 6.07 Å². The van der Waals surface area contributed by atoms with Gasteiger partial charge in [-0.25, -0.2) is 4.79 Å². The van der Waals surface area contributed by atoms with Crippen LogP contribution in [0.4, 0.5) is 0 Å². The second-order valence-corrected chi connectivity index (χ2v) is 6.69. The van der Waals surface area contributed by atoms with Crippen LogP contribution in [0.1, 0.15) is 29.2 Å². The molecule has 0 radical (unpaired) electrons. The number of rotatable bonds is 4. The molecule has 1 aromatic rings. The minimum absolute atomic E-state index is 0.00951. The third kappa shape index (κ3) is 3.06.